The molecule has 0 heterocycles. The minimum absolute atomic E-state index is 0.253. The highest BCUT2D eigenvalue weighted by Gasteiger charge is 2.23. The van der Waals surface area contributed by atoms with Crippen LogP contribution in [0.1, 0.15) is 79.4 Å². The summed E-state index contributed by atoms with van der Waals surface area (Å²) in [6.07, 6.45) is 8.64. The zero-order chi connectivity index (χ0) is 20.1. The van der Waals surface area contributed by atoms with Gasteiger partial charge < -0.3 is 0 Å². The van der Waals surface area contributed by atoms with Crippen molar-refractivity contribution in [1.82, 2.24) is 0 Å². The molecule has 0 aliphatic heterocycles. The maximum Gasteiger partial charge on any atom is 0.167 e. The van der Waals surface area contributed by atoms with Crippen molar-refractivity contribution in [2.75, 3.05) is 0 Å². The molecule has 1 heteroatoms. The van der Waals surface area contributed by atoms with Gasteiger partial charge in [0.2, 0.25) is 0 Å². The quantitative estimate of drug-likeness (QED) is 0.438. The zero-order valence-corrected chi connectivity index (χ0v) is 17.7. The molecule has 1 unspecified atom stereocenters. The Morgan fingerprint density at radius 1 is 1.07 bits per heavy atom. The molecule has 146 valence electrons. The molecule has 0 bridgehead atoms. The standard InChI is InChI=1S/C27H32O/c1-5-6-10-22-16-23(21-11-8-7-9-12-21)17-24(22)18-27(28)26-15-20(4)13-14-25(26)19(2)3/h7-9,11-17,19,22H,5-6,10,18H2,1-4H3. The van der Waals surface area contributed by atoms with Crippen LogP contribution in [0.2, 0.25) is 0 Å². The van der Waals surface area contributed by atoms with Gasteiger partial charge in [-0.1, -0.05) is 99.4 Å². The molecule has 28 heavy (non-hydrogen) atoms. The van der Waals surface area contributed by atoms with Gasteiger partial charge in [0.1, 0.15) is 0 Å². The Kier molecular flexibility index (Phi) is 6.67. The highest BCUT2D eigenvalue weighted by molar-refractivity contribution is 6.00. The largest absolute Gasteiger partial charge is 0.294 e. The summed E-state index contributed by atoms with van der Waals surface area (Å²) in [5.41, 5.74) is 6.99. The van der Waals surface area contributed by atoms with Crippen LogP contribution in [0.4, 0.5) is 0 Å². The summed E-state index contributed by atoms with van der Waals surface area (Å²) in [5.74, 6) is 0.986. The number of hydrogen-bond acceptors (Lipinski definition) is 1. The molecule has 3 rings (SSSR count). The third-order valence-corrected chi connectivity index (χ3v) is 5.67. The fourth-order valence-electron chi connectivity index (χ4n) is 4.06. The molecular formula is C27H32O. The Bertz CT molecular complexity index is 884. The number of benzene rings is 2. The Balaban J connectivity index is 1.87. The minimum atomic E-state index is 0.253. The fourth-order valence-corrected chi connectivity index (χ4v) is 4.06. The van der Waals surface area contributed by atoms with Crippen LogP contribution in [0, 0.1) is 12.8 Å². The minimum Gasteiger partial charge on any atom is -0.294 e. The fraction of sp³-hybridized carbons (Fsp3) is 0.370. The smallest absolute Gasteiger partial charge is 0.167 e. The average Bonchev–Trinajstić information content (AvgIpc) is 3.09. The molecule has 1 aliphatic rings. The van der Waals surface area contributed by atoms with E-state index < -0.39 is 0 Å². The predicted molar refractivity (Wildman–Crippen MR) is 120 cm³/mol. The summed E-state index contributed by atoms with van der Waals surface area (Å²) in [7, 11) is 0. The Morgan fingerprint density at radius 2 is 1.82 bits per heavy atom. The number of aryl methyl sites for hydroxylation is 1. The molecule has 0 saturated carbocycles. The van der Waals surface area contributed by atoms with Crippen molar-refractivity contribution in [2.24, 2.45) is 5.92 Å². The molecule has 0 N–H and O–H groups in total. The molecule has 0 saturated heterocycles. The Morgan fingerprint density at radius 3 is 2.50 bits per heavy atom. The first-order valence-corrected chi connectivity index (χ1v) is 10.6. The Labute approximate surface area is 170 Å². The molecule has 0 radical (unpaired) electrons. The molecule has 0 fully saturated rings. The number of unbranched alkanes of at least 4 members (excludes halogenated alkanes) is 1. The highest BCUT2D eigenvalue weighted by atomic mass is 16.1. The van der Waals surface area contributed by atoms with Crippen LogP contribution >= 0.6 is 0 Å². The van der Waals surface area contributed by atoms with E-state index >= 15 is 0 Å². The lowest BCUT2D eigenvalue weighted by atomic mass is 9.87. The summed E-state index contributed by atoms with van der Waals surface area (Å²) in [5, 5.41) is 0. The van der Waals surface area contributed by atoms with E-state index in [1.54, 1.807) is 0 Å². The lowest BCUT2D eigenvalue weighted by Gasteiger charge is -2.16. The zero-order valence-electron chi connectivity index (χ0n) is 17.7. The van der Waals surface area contributed by atoms with Gasteiger partial charge in [-0.05, 0) is 47.9 Å². The topological polar surface area (TPSA) is 17.1 Å². The molecule has 1 aliphatic carbocycles. The van der Waals surface area contributed by atoms with E-state index in [4.69, 9.17) is 0 Å². The van der Waals surface area contributed by atoms with Crippen molar-refractivity contribution in [3.8, 4) is 0 Å². The Hall–Kier alpha value is -2.41. The second-order valence-corrected chi connectivity index (χ2v) is 8.30. The molecule has 1 atom stereocenters. The molecular weight excluding hydrogens is 340 g/mol. The van der Waals surface area contributed by atoms with Gasteiger partial charge in [0, 0.05) is 12.0 Å². The van der Waals surface area contributed by atoms with Gasteiger partial charge in [-0.15, -0.1) is 0 Å². The second kappa shape index (κ2) is 9.19. The maximum atomic E-state index is 13.3. The van der Waals surface area contributed by atoms with Crippen LogP contribution in [0.3, 0.4) is 0 Å². The predicted octanol–water partition coefficient (Wildman–Crippen LogP) is 7.52. The van der Waals surface area contributed by atoms with Crippen LogP contribution in [-0.2, 0) is 0 Å². The summed E-state index contributed by atoms with van der Waals surface area (Å²) in [6.45, 7) is 8.62. The molecule has 2 aromatic carbocycles. The van der Waals surface area contributed by atoms with Gasteiger partial charge in [0.25, 0.3) is 0 Å². The van der Waals surface area contributed by atoms with Crippen LogP contribution < -0.4 is 0 Å². The van der Waals surface area contributed by atoms with E-state index in [1.807, 2.05) is 6.07 Å². The number of allylic oxidation sites excluding steroid dienone is 4. The van der Waals surface area contributed by atoms with Crippen molar-refractivity contribution < 1.29 is 4.79 Å². The monoisotopic (exact) mass is 372 g/mol. The van der Waals surface area contributed by atoms with Crippen molar-refractivity contribution in [2.45, 2.75) is 59.3 Å². The maximum absolute atomic E-state index is 13.3. The molecule has 0 spiro atoms. The number of rotatable bonds is 8. The summed E-state index contributed by atoms with van der Waals surface area (Å²) >= 11 is 0. The molecule has 1 nitrogen and oxygen atoms in total. The second-order valence-electron chi connectivity index (χ2n) is 8.30. The normalized spacial score (nSPS) is 16.2. The van der Waals surface area contributed by atoms with Crippen molar-refractivity contribution in [3.63, 3.8) is 0 Å². The number of hydrogen-bond donors (Lipinski definition) is 0. The summed E-state index contributed by atoms with van der Waals surface area (Å²) in [4.78, 5) is 13.3. The van der Waals surface area contributed by atoms with Crippen LogP contribution in [0.5, 0.6) is 0 Å². The van der Waals surface area contributed by atoms with Crippen molar-refractivity contribution in [3.05, 3.63) is 88.5 Å². The average molecular weight is 373 g/mol. The van der Waals surface area contributed by atoms with Gasteiger partial charge in [0.15, 0.2) is 5.78 Å². The molecule has 0 aromatic heterocycles. The number of Topliss-reactive ketones (excluding diaryl/α,β-unsaturated/α-hetero) is 1. The van der Waals surface area contributed by atoms with Gasteiger partial charge in [-0.25, -0.2) is 0 Å². The number of ketones is 1. The van der Waals surface area contributed by atoms with Crippen LogP contribution in [0.15, 0.2) is 66.3 Å². The molecule has 0 amide bonds. The van der Waals surface area contributed by atoms with E-state index in [9.17, 15) is 4.79 Å². The summed E-state index contributed by atoms with van der Waals surface area (Å²) in [6, 6.07) is 16.8. The third kappa shape index (κ3) is 4.70. The van der Waals surface area contributed by atoms with Gasteiger partial charge in [0.05, 0.1) is 0 Å². The first-order valence-electron chi connectivity index (χ1n) is 10.6. The van der Waals surface area contributed by atoms with Gasteiger partial charge in [-0.2, -0.15) is 0 Å². The lowest BCUT2D eigenvalue weighted by Crippen LogP contribution is -2.09. The van der Waals surface area contributed by atoms with Crippen LogP contribution in [0.25, 0.3) is 5.57 Å². The molecule has 2 aromatic rings. The lowest BCUT2D eigenvalue weighted by molar-refractivity contribution is 0.0989. The first-order chi connectivity index (χ1) is 13.5. The highest BCUT2D eigenvalue weighted by Crippen LogP contribution is 2.36. The first kappa shape index (κ1) is 20.3. The van der Waals surface area contributed by atoms with Crippen molar-refractivity contribution >= 4 is 11.4 Å². The van der Waals surface area contributed by atoms with E-state index in [0.29, 0.717) is 18.3 Å². The van der Waals surface area contributed by atoms with Crippen molar-refractivity contribution in [1.29, 1.82) is 0 Å². The third-order valence-electron chi connectivity index (χ3n) is 5.67. The number of carbonyl (C=O) groups excluding carboxylic acids is 1. The van der Waals surface area contributed by atoms with E-state index in [2.05, 4.69) is 82.3 Å². The van der Waals surface area contributed by atoms with E-state index in [0.717, 1.165) is 23.1 Å². The number of carbonyl (C=O) groups is 1. The van der Waals surface area contributed by atoms with E-state index in [1.165, 1.54) is 29.6 Å². The van der Waals surface area contributed by atoms with E-state index in [-0.39, 0.29) is 5.78 Å². The van der Waals surface area contributed by atoms with Gasteiger partial charge >= 0.3 is 0 Å². The SMILES string of the molecule is CCCCC1C=C(c2ccccc2)C=C1CC(=O)c1cc(C)ccc1C(C)C. The van der Waals surface area contributed by atoms with Crippen LogP contribution in [-0.4, -0.2) is 5.78 Å². The summed E-state index contributed by atoms with van der Waals surface area (Å²) < 4.78 is 0. The van der Waals surface area contributed by atoms with Gasteiger partial charge in [-0.3, -0.25) is 4.79 Å².